The number of ketones is 1. The summed E-state index contributed by atoms with van der Waals surface area (Å²) >= 11 is 0. The van der Waals surface area contributed by atoms with E-state index in [1.807, 2.05) is 6.92 Å². The number of likely N-dealkylation sites (N-methyl/N-ethyl adjacent to an activating group) is 2. The monoisotopic (exact) mass is 696 g/mol. The van der Waals surface area contributed by atoms with Gasteiger partial charge in [0.1, 0.15) is 17.8 Å². The molecule has 0 aliphatic heterocycles. The van der Waals surface area contributed by atoms with Crippen LogP contribution in [0.5, 0.6) is 5.75 Å². The Morgan fingerprint density at radius 2 is 1.52 bits per heavy atom. The maximum atomic E-state index is 13.0. The summed E-state index contributed by atoms with van der Waals surface area (Å²) in [5.74, 6) is -4.20. The summed E-state index contributed by atoms with van der Waals surface area (Å²) < 4.78 is 10.7. The van der Waals surface area contributed by atoms with Gasteiger partial charge in [-0.05, 0) is 29.7 Å². The molecule has 0 spiro atoms. The van der Waals surface area contributed by atoms with E-state index in [4.69, 9.17) is 9.47 Å². The molecule has 2 atom stereocenters. The van der Waals surface area contributed by atoms with Crippen molar-refractivity contribution in [1.82, 2.24) is 31.1 Å². The number of ether oxygens (including phenoxy) is 2. The first-order valence-electron chi connectivity index (χ1n) is 16.2. The molecule has 2 unspecified atom stereocenters. The zero-order valence-electron chi connectivity index (χ0n) is 29.3. The zero-order valence-corrected chi connectivity index (χ0v) is 29.3. The molecule has 0 radical (unpaired) electrons. The molecule has 0 saturated heterocycles. The number of nitrogens with one attached hydrogen (secondary N) is 4. The van der Waals surface area contributed by atoms with E-state index in [9.17, 15) is 33.6 Å². The Hall–Kier alpha value is -5.31. The van der Waals surface area contributed by atoms with E-state index >= 15 is 0 Å². The fourth-order valence-corrected chi connectivity index (χ4v) is 4.66. The average molecular weight is 697 g/mol. The molecule has 2 aromatic carbocycles. The van der Waals surface area contributed by atoms with Crippen molar-refractivity contribution in [2.75, 3.05) is 61.1 Å². The molecular weight excluding hydrogens is 648 g/mol. The first-order valence-corrected chi connectivity index (χ1v) is 16.2. The van der Waals surface area contributed by atoms with Gasteiger partial charge in [-0.2, -0.15) is 0 Å². The number of hydrogen-bond donors (Lipinski definition) is 4. The summed E-state index contributed by atoms with van der Waals surface area (Å²) in [6, 6.07) is 13.6. The highest BCUT2D eigenvalue weighted by molar-refractivity contribution is 6.37. The Morgan fingerprint density at radius 1 is 0.800 bits per heavy atom. The van der Waals surface area contributed by atoms with Gasteiger partial charge in [0.2, 0.25) is 35.3 Å². The van der Waals surface area contributed by atoms with E-state index in [-0.39, 0.29) is 25.3 Å². The van der Waals surface area contributed by atoms with Gasteiger partial charge < -0.3 is 40.5 Å². The van der Waals surface area contributed by atoms with Crippen LogP contribution in [0.15, 0.2) is 54.6 Å². The minimum absolute atomic E-state index is 0.0127. The first-order chi connectivity index (χ1) is 23.9. The van der Waals surface area contributed by atoms with Crippen molar-refractivity contribution in [3.63, 3.8) is 0 Å². The average Bonchev–Trinajstić information content (AvgIpc) is 3.11. The highest BCUT2D eigenvalue weighted by atomic mass is 16.5. The van der Waals surface area contributed by atoms with Crippen LogP contribution in [0.4, 0.5) is 0 Å². The summed E-state index contributed by atoms with van der Waals surface area (Å²) in [7, 11) is 6.11. The molecule has 0 saturated carbocycles. The number of Topliss-reactive ketones (excluding diaryl/α,β-unsaturated/α-hetero) is 1. The number of methoxy groups -OCH3 is 1. The topological polar surface area (TPSA) is 193 Å². The normalized spacial score (nSPS) is 11.7. The lowest BCUT2D eigenvalue weighted by molar-refractivity contribution is -0.141. The Kier molecular flexibility index (Phi) is 17.7. The zero-order chi connectivity index (χ0) is 37.1. The van der Waals surface area contributed by atoms with Crippen molar-refractivity contribution in [3.8, 4) is 5.75 Å². The van der Waals surface area contributed by atoms with Crippen LogP contribution in [-0.4, -0.2) is 118 Å². The molecule has 6 amide bonds. The summed E-state index contributed by atoms with van der Waals surface area (Å²) in [4.78, 5) is 90.9. The van der Waals surface area contributed by atoms with Crippen molar-refractivity contribution in [2.45, 2.75) is 44.7 Å². The summed E-state index contributed by atoms with van der Waals surface area (Å²) in [5.41, 5.74) is 1.24. The summed E-state index contributed by atoms with van der Waals surface area (Å²) in [6.45, 7) is 1.24. The largest absolute Gasteiger partial charge is 0.493 e. The van der Waals surface area contributed by atoms with Gasteiger partial charge >= 0.3 is 0 Å². The molecular formula is C35H48N6O9. The molecule has 272 valence electrons. The Morgan fingerprint density at radius 3 is 2.18 bits per heavy atom. The number of rotatable bonds is 21. The fourth-order valence-electron chi connectivity index (χ4n) is 4.66. The van der Waals surface area contributed by atoms with Crippen molar-refractivity contribution >= 4 is 41.2 Å². The summed E-state index contributed by atoms with van der Waals surface area (Å²) in [5, 5.41) is 9.69. The van der Waals surface area contributed by atoms with Crippen LogP contribution in [-0.2, 0) is 44.7 Å². The van der Waals surface area contributed by atoms with Crippen LogP contribution in [0.2, 0.25) is 0 Å². The van der Waals surface area contributed by atoms with Gasteiger partial charge in [0, 0.05) is 41.3 Å². The van der Waals surface area contributed by atoms with Crippen molar-refractivity contribution in [2.24, 2.45) is 0 Å². The van der Waals surface area contributed by atoms with E-state index in [2.05, 4.69) is 21.3 Å². The predicted octanol–water partition coefficient (Wildman–Crippen LogP) is 0.135. The fraction of sp³-hybridized carbons (Fsp3) is 0.457. The van der Waals surface area contributed by atoms with Gasteiger partial charge in [-0.1, -0.05) is 55.8 Å². The van der Waals surface area contributed by atoms with Gasteiger partial charge in [0.05, 0.1) is 32.7 Å². The second kappa shape index (κ2) is 21.6. The molecule has 15 heteroatoms. The molecule has 4 N–H and O–H groups in total. The second-order valence-corrected chi connectivity index (χ2v) is 11.6. The lowest BCUT2D eigenvalue weighted by Crippen LogP contribution is -2.52. The first kappa shape index (κ1) is 40.9. The lowest BCUT2D eigenvalue weighted by atomic mass is 10.1. The number of amides is 6. The van der Waals surface area contributed by atoms with Crippen LogP contribution >= 0.6 is 0 Å². The second-order valence-electron chi connectivity index (χ2n) is 11.6. The molecule has 2 rings (SSSR count). The van der Waals surface area contributed by atoms with Crippen LogP contribution in [0.3, 0.4) is 0 Å². The van der Waals surface area contributed by atoms with Crippen LogP contribution in [0.1, 0.15) is 43.4 Å². The smallest absolute Gasteiger partial charge is 0.289 e. The van der Waals surface area contributed by atoms with Gasteiger partial charge in [-0.25, -0.2) is 0 Å². The number of carbonyl (C=O) groups is 7. The molecule has 0 bridgehead atoms. The Balaban J connectivity index is 1.84. The Labute approximate surface area is 292 Å². The van der Waals surface area contributed by atoms with Gasteiger partial charge in [0.25, 0.3) is 5.91 Å². The number of hydrogen-bond acceptors (Lipinski definition) is 9. The number of nitrogens with zero attached hydrogens (tertiary/aromatic N) is 2. The van der Waals surface area contributed by atoms with Crippen molar-refractivity contribution in [1.29, 1.82) is 0 Å². The molecule has 0 fully saturated rings. The molecule has 0 aliphatic carbocycles. The minimum Gasteiger partial charge on any atom is -0.493 e. The van der Waals surface area contributed by atoms with Crippen LogP contribution < -0.4 is 26.0 Å². The molecule has 15 nitrogen and oxygen atoms in total. The van der Waals surface area contributed by atoms with E-state index in [0.717, 1.165) is 6.42 Å². The molecule has 0 heterocycles. The van der Waals surface area contributed by atoms with Crippen molar-refractivity contribution < 1.29 is 43.0 Å². The third-order valence-corrected chi connectivity index (χ3v) is 7.40. The van der Waals surface area contributed by atoms with E-state index in [1.54, 1.807) is 75.8 Å². The lowest BCUT2D eigenvalue weighted by Gasteiger charge is -2.27. The van der Waals surface area contributed by atoms with Gasteiger partial charge in [-0.3, -0.25) is 33.6 Å². The van der Waals surface area contributed by atoms with Crippen molar-refractivity contribution in [3.05, 3.63) is 65.7 Å². The SMILES string of the molecule is CCCC(C(=O)NCC(=O)C(=O)NCC(=O)NC(C(=O)N(C)C)c1ccccc1)N(C)C(=O)CNC(=O)Cc1cccc(OCCCOC)c1. The minimum atomic E-state index is -1.11. The molecule has 50 heavy (non-hydrogen) atoms. The van der Waals surface area contributed by atoms with Crippen LogP contribution in [0.25, 0.3) is 0 Å². The molecule has 2 aromatic rings. The highest BCUT2D eigenvalue weighted by Crippen LogP contribution is 2.15. The predicted molar refractivity (Wildman–Crippen MR) is 184 cm³/mol. The highest BCUT2D eigenvalue weighted by Gasteiger charge is 2.28. The van der Waals surface area contributed by atoms with Gasteiger partial charge in [-0.15, -0.1) is 0 Å². The number of benzene rings is 2. The maximum Gasteiger partial charge on any atom is 0.289 e. The standard InChI is InChI=1S/C35H48N6O9/c1-6-12-27(41(4)31(45)23-36-29(43)20-24-13-10-16-26(19-24)50-18-11-17-49-5)33(46)37-21-28(42)34(47)38-22-30(44)39-32(35(48)40(2)3)25-14-8-7-9-15-25/h7-10,13-16,19,27,32H,6,11-12,17-18,20-23H2,1-5H3,(H,36,43)(H,37,46)(H,38,47)(H,39,44). The number of carbonyl (C=O) groups excluding carboxylic acids is 7. The van der Waals surface area contributed by atoms with Crippen LogP contribution in [0, 0.1) is 0 Å². The molecule has 0 aromatic heterocycles. The molecule has 0 aliphatic rings. The Bertz CT molecular complexity index is 1470. The van der Waals surface area contributed by atoms with E-state index in [0.29, 0.717) is 36.5 Å². The third-order valence-electron chi connectivity index (χ3n) is 7.40. The maximum absolute atomic E-state index is 13.0. The van der Waals surface area contributed by atoms with E-state index in [1.165, 1.54) is 16.8 Å². The van der Waals surface area contributed by atoms with E-state index < -0.39 is 60.5 Å². The third kappa shape index (κ3) is 14.0. The summed E-state index contributed by atoms with van der Waals surface area (Å²) in [6.07, 6.45) is 1.51. The van der Waals surface area contributed by atoms with Gasteiger partial charge in [0.15, 0.2) is 0 Å². The quantitative estimate of drug-likeness (QED) is 0.104.